The van der Waals surface area contributed by atoms with Crippen LogP contribution in [0.25, 0.3) is 0 Å². The first-order chi connectivity index (χ1) is 18.5. The van der Waals surface area contributed by atoms with E-state index in [9.17, 15) is 14.4 Å². The summed E-state index contributed by atoms with van der Waals surface area (Å²) in [6, 6.07) is 29.1. The summed E-state index contributed by atoms with van der Waals surface area (Å²) in [7, 11) is 0. The molecular weight excluding hydrogens is 500 g/mol. The van der Waals surface area contributed by atoms with Crippen LogP contribution in [0.4, 0.5) is 0 Å². The second-order valence-electron chi connectivity index (χ2n) is 9.01. The number of ketones is 3. The van der Waals surface area contributed by atoms with Gasteiger partial charge in [0.25, 0.3) is 0 Å². The topological polar surface area (TPSA) is 69.7 Å². The van der Waals surface area contributed by atoms with Crippen molar-refractivity contribution in [3.63, 3.8) is 0 Å². The molecule has 5 nitrogen and oxygen atoms in total. The molecule has 0 spiro atoms. The molecule has 3 atom stereocenters. The van der Waals surface area contributed by atoms with Crippen LogP contribution >= 0.6 is 11.6 Å². The highest BCUT2D eigenvalue weighted by molar-refractivity contribution is 6.30. The Bertz CT molecular complexity index is 1460. The summed E-state index contributed by atoms with van der Waals surface area (Å²) in [5.74, 6) is -2.63. The summed E-state index contributed by atoms with van der Waals surface area (Å²) in [4.78, 5) is 42.3. The van der Waals surface area contributed by atoms with E-state index in [2.05, 4.69) is 0 Å². The van der Waals surface area contributed by atoms with Gasteiger partial charge in [0.15, 0.2) is 17.3 Å². The number of benzene rings is 4. The lowest BCUT2D eigenvalue weighted by Crippen LogP contribution is -2.43. The molecule has 0 saturated carbocycles. The molecule has 3 unspecified atom stereocenters. The van der Waals surface area contributed by atoms with Gasteiger partial charge in [-0.3, -0.25) is 14.4 Å². The van der Waals surface area contributed by atoms with Gasteiger partial charge in [0.1, 0.15) is 17.6 Å². The van der Waals surface area contributed by atoms with E-state index in [4.69, 9.17) is 21.1 Å². The van der Waals surface area contributed by atoms with E-state index in [0.717, 1.165) is 0 Å². The second-order valence-corrected chi connectivity index (χ2v) is 9.44. The average Bonchev–Trinajstić information content (AvgIpc) is 2.95. The number of hydrogen-bond donors (Lipinski definition) is 0. The van der Waals surface area contributed by atoms with Crippen LogP contribution in [0, 0.1) is 11.8 Å². The number of hydrogen-bond acceptors (Lipinski definition) is 5. The SMILES string of the molecule is CCOc1ccc(C(=O)C(C(=O)c2ccc(Cl)cc2)C2C(=O)c3ccccc3OC2c2ccccc2)cc1. The molecule has 0 fully saturated rings. The molecule has 5 rings (SSSR count). The maximum Gasteiger partial charge on any atom is 0.174 e. The lowest BCUT2D eigenvalue weighted by Gasteiger charge is -2.36. The van der Waals surface area contributed by atoms with Crippen molar-refractivity contribution in [1.29, 1.82) is 0 Å². The molecule has 6 heteroatoms. The molecule has 1 heterocycles. The van der Waals surface area contributed by atoms with Crippen LogP contribution in [0.5, 0.6) is 11.5 Å². The quantitative estimate of drug-likeness (QED) is 0.182. The smallest absolute Gasteiger partial charge is 0.174 e. The number of fused-ring (bicyclic) bond motifs is 1. The average molecular weight is 525 g/mol. The highest BCUT2D eigenvalue weighted by atomic mass is 35.5. The van der Waals surface area contributed by atoms with Gasteiger partial charge < -0.3 is 9.47 Å². The van der Waals surface area contributed by atoms with Gasteiger partial charge in [-0.2, -0.15) is 0 Å². The summed E-state index contributed by atoms with van der Waals surface area (Å²) in [6.45, 7) is 2.35. The van der Waals surface area contributed by atoms with Gasteiger partial charge in [-0.05, 0) is 73.2 Å². The van der Waals surface area contributed by atoms with Crippen LogP contribution in [0.2, 0.25) is 5.02 Å². The Balaban J connectivity index is 1.65. The van der Waals surface area contributed by atoms with Crippen LogP contribution < -0.4 is 9.47 Å². The van der Waals surface area contributed by atoms with Gasteiger partial charge in [0.2, 0.25) is 0 Å². The third-order valence-electron chi connectivity index (χ3n) is 6.67. The summed E-state index contributed by atoms with van der Waals surface area (Å²) >= 11 is 6.06. The summed E-state index contributed by atoms with van der Waals surface area (Å²) in [6.07, 6.45) is -0.841. The number of ether oxygens (including phenoxy) is 2. The lowest BCUT2D eigenvalue weighted by atomic mass is 9.71. The zero-order valence-electron chi connectivity index (χ0n) is 20.7. The molecular formula is C32H25ClO5. The fraction of sp³-hybridized carbons (Fsp3) is 0.156. The third-order valence-corrected chi connectivity index (χ3v) is 6.92. The fourth-order valence-corrected chi connectivity index (χ4v) is 4.97. The number of carbonyl (C=O) groups is 3. The Morgan fingerprint density at radius 3 is 2.03 bits per heavy atom. The Hall–Kier alpha value is -4.22. The molecule has 0 aromatic heterocycles. The van der Waals surface area contributed by atoms with Crippen molar-refractivity contribution in [2.75, 3.05) is 6.61 Å². The highest BCUT2D eigenvalue weighted by Gasteiger charge is 2.49. The van der Waals surface area contributed by atoms with Crippen LogP contribution in [-0.2, 0) is 0 Å². The van der Waals surface area contributed by atoms with E-state index < -0.39 is 29.5 Å². The Morgan fingerprint density at radius 1 is 0.816 bits per heavy atom. The van der Waals surface area contributed by atoms with Gasteiger partial charge >= 0.3 is 0 Å². The van der Waals surface area contributed by atoms with E-state index in [-0.39, 0.29) is 11.3 Å². The van der Waals surface area contributed by atoms with Crippen LogP contribution in [0.1, 0.15) is 49.7 Å². The molecule has 4 aromatic carbocycles. The Kier molecular flexibility index (Phi) is 7.38. The lowest BCUT2D eigenvalue weighted by molar-refractivity contribution is 0.0428. The van der Waals surface area contributed by atoms with Gasteiger partial charge in [0, 0.05) is 16.1 Å². The number of Topliss-reactive ketones (excluding diaryl/α,β-unsaturated/α-hetero) is 3. The molecule has 0 bridgehead atoms. The first-order valence-corrected chi connectivity index (χ1v) is 12.8. The highest BCUT2D eigenvalue weighted by Crippen LogP contribution is 2.44. The molecule has 0 aliphatic carbocycles. The Morgan fingerprint density at radius 2 is 1.39 bits per heavy atom. The minimum absolute atomic E-state index is 0.289. The predicted molar refractivity (Wildman–Crippen MR) is 145 cm³/mol. The number of carbonyl (C=O) groups excluding carboxylic acids is 3. The number of rotatable bonds is 8. The maximum absolute atomic E-state index is 14.1. The number of halogens is 1. The summed E-state index contributed by atoms with van der Waals surface area (Å²) < 4.78 is 11.9. The molecule has 38 heavy (non-hydrogen) atoms. The van der Waals surface area contributed by atoms with Gasteiger partial charge in [-0.1, -0.05) is 54.1 Å². The molecule has 0 saturated heterocycles. The molecule has 1 aliphatic rings. The van der Waals surface area contributed by atoms with Crippen molar-refractivity contribution in [2.45, 2.75) is 13.0 Å². The van der Waals surface area contributed by atoms with Crippen molar-refractivity contribution in [3.8, 4) is 11.5 Å². The van der Waals surface area contributed by atoms with Crippen molar-refractivity contribution >= 4 is 29.0 Å². The van der Waals surface area contributed by atoms with E-state index in [0.29, 0.717) is 39.8 Å². The maximum atomic E-state index is 14.1. The minimum Gasteiger partial charge on any atom is -0.494 e. The van der Waals surface area contributed by atoms with E-state index >= 15 is 0 Å². The molecule has 190 valence electrons. The summed E-state index contributed by atoms with van der Waals surface area (Å²) in [5, 5.41) is 0.462. The zero-order chi connectivity index (χ0) is 26.6. The van der Waals surface area contributed by atoms with Crippen LogP contribution in [-0.4, -0.2) is 24.0 Å². The molecule has 0 N–H and O–H groups in total. The molecule has 0 amide bonds. The van der Waals surface area contributed by atoms with Gasteiger partial charge in [-0.25, -0.2) is 0 Å². The van der Waals surface area contributed by atoms with Gasteiger partial charge in [-0.15, -0.1) is 0 Å². The summed E-state index contributed by atoms with van der Waals surface area (Å²) in [5.41, 5.74) is 1.64. The predicted octanol–water partition coefficient (Wildman–Crippen LogP) is 7.05. The first-order valence-electron chi connectivity index (χ1n) is 12.4. The first kappa shape index (κ1) is 25.4. The minimum atomic E-state index is -1.33. The largest absolute Gasteiger partial charge is 0.494 e. The van der Waals surface area contributed by atoms with Crippen molar-refractivity contribution in [2.24, 2.45) is 11.8 Å². The van der Waals surface area contributed by atoms with E-state index in [1.54, 1.807) is 72.8 Å². The van der Waals surface area contributed by atoms with E-state index in [1.807, 2.05) is 37.3 Å². The fourth-order valence-electron chi connectivity index (χ4n) is 4.84. The van der Waals surface area contributed by atoms with Crippen LogP contribution in [0.15, 0.2) is 103 Å². The van der Waals surface area contributed by atoms with Crippen molar-refractivity contribution < 1.29 is 23.9 Å². The molecule has 1 aliphatic heterocycles. The molecule has 4 aromatic rings. The van der Waals surface area contributed by atoms with Crippen LogP contribution in [0.3, 0.4) is 0 Å². The van der Waals surface area contributed by atoms with Crippen molar-refractivity contribution in [3.05, 3.63) is 130 Å². The van der Waals surface area contributed by atoms with Crippen molar-refractivity contribution in [1.82, 2.24) is 0 Å². The normalized spacial score (nSPS) is 17.2. The Labute approximate surface area is 226 Å². The zero-order valence-corrected chi connectivity index (χ0v) is 21.4. The van der Waals surface area contributed by atoms with Gasteiger partial charge in [0.05, 0.1) is 24.0 Å². The second kappa shape index (κ2) is 11.0. The number of para-hydroxylation sites is 1. The standard InChI is InChI=1S/C32H25ClO5/c1-2-37-24-18-14-21(15-19-24)30(35)27(29(34)20-12-16-23(33)17-13-20)28-31(36)25-10-6-7-11-26(25)38-32(28)22-8-4-3-5-9-22/h3-19,27-28,32H,2H2,1H3. The van der Waals surface area contributed by atoms with E-state index in [1.165, 1.54) is 0 Å². The monoisotopic (exact) mass is 524 g/mol. The third kappa shape index (κ3) is 4.98. The molecule has 0 radical (unpaired) electrons.